The van der Waals surface area contributed by atoms with E-state index < -0.39 is 53.7 Å². The number of halogens is 4. The number of rotatable bonds is 19. The van der Waals surface area contributed by atoms with Crippen molar-refractivity contribution in [3.63, 3.8) is 0 Å². The average Bonchev–Trinajstić information content (AvgIpc) is 2.32. The number of methoxy groups -OCH3 is 1. The number of ether oxygens (including phenoxy) is 3. The molecule has 5 unspecified atom stereocenters. The smallest absolute Gasteiger partial charge is 0.319 e. The molecule has 3 saturated heterocycles. The third-order valence-corrected chi connectivity index (χ3v) is 16.1. The second-order valence-corrected chi connectivity index (χ2v) is 21.9. The fourth-order valence-corrected chi connectivity index (χ4v) is 11.8. The van der Waals surface area contributed by atoms with Crippen LogP contribution in [0.15, 0.2) is 97.3 Å². The largest absolute Gasteiger partial charge is 0.508 e. The number of aromatic nitrogens is 6. The van der Waals surface area contributed by atoms with Crippen LogP contribution in [0.25, 0.3) is 55.3 Å². The maximum absolute atomic E-state index is 15.7. The van der Waals surface area contributed by atoms with E-state index in [9.17, 15) is 33.0 Å². The zero-order valence-corrected chi connectivity index (χ0v) is 46.6. The molecule has 4 N–H and O–H groups in total. The summed E-state index contributed by atoms with van der Waals surface area (Å²) in [5.41, 5.74) is 3.59. The lowest BCUT2D eigenvalue weighted by Crippen LogP contribution is -2.51. The van der Waals surface area contributed by atoms with Crippen LogP contribution in [0.1, 0.15) is 82.2 Å². The van der Waals surface area contributed by atoms with Crippen molar-refractivity contribution in [1.82, 2.24) is 45.5 Å². The van der Waals surface area contributed by atoms with Gasteiger partial charge in [-0.1, -0.05) is 80.6 Å². The molecular weight excluding hydrogens is 1070 g/mol. The first-order valence-electron chi connectivity index (χ1n) is 28.0. The zero-order valence-electron chi connectivity index (χ0n) is 46.6. The third kappa shape index (κ3) is 11.4. The van der Waals surface area contributed by atoms with Crippen molar-refractivity contribution in [2.24, 2.45) is 5.92 Å². The van der Waals surface area contributed by atoms with Gasteiger partial charge in [0.25, 0.3) is 0 Å². The van der Waals surface area contributed by atoms with E-state index in [0.29, 0.717) is 106 Å². The van der Waals surface area contributed by atoms with E-state index in [4.69, 9.17) is 29.2 Å². The molecule has 0 saturated carbocycles. The van der Waals surface area contributed by atoms with Crippen LogP contribution in [0.4, 0.5) is 23.4 Å². The second kappa shape index (κ2) is 23.9. The van der Waals surface area contributed by atoms with Crippen LogP contribution in [0.3, 0.4) is 0 Å². The van der Waals surface area contributed by atoms with Crippen LogP contribution in [-0.4, -0.2) is 121 Å². The highest BCUT2D eigenvalue weighted by molar-refractivity contribution is 6.04. The molecule has 3 fully saturated rings. The van der Waals surface area contributed by atoms with Crippen LogP contribution in [0.2, 0.25) is 0 Å². The number of carbonyl (C=O) groups excluding carboxylic acids is 2. The van der Waals surface area contributed by atoms with Gasteiger partial charge < -0.3 is 44.9 Å². The molecule has 3 aliphatic heterocycles. The molecule has 432 valence electrons. The highest BCUT2D eigenvalue weighted by Crippen LogP contribution is 2.44. The van der Waals surface area contributed by atoms with Gasteiger partial charge in [-0.05, 0) is 108 Å². The number of aliphatic hydroxyl groups is 1. The molecule has 0 aliphatic carbocycles. The van der Waals surface area contributed by atoms with Gasteiger partial charge in [0.2, 0.25) is 11.8 Å². The molecule has 8 aromatic rings. The van der Waals surface area contributed by atoms with Gasteiger partial charge in [0.1, 0.15) is 65.4 Å². The fraction of sp³-hybridized carbons (Fsp3) is 0.371. The number of benzene rings is 5. The number of nitrogens with one attached hydrogen (secondary N) is 2. The van der Waals surface area contributed by atoms with Gasteiger partial charge >= 0.3 is 6.01 Å². The first kappa shape index (κ1) is 56.6. The number of hydrogen-bond donors (Lipinski definition) is 4. The Morgan fingerprint density at radius 2 is 1.59 bits per heavy atom. The number of amides is 2. The number of aryl methyl sites for hydroxylation is 1. The lowest BCUT2D eigenvalue weighted by atomic mass is 9.94. The summed E-state index contributed by atoms with van der Waals surface area (Å²) >= 11 is 0. The Labute approximate surface area is 476 Å². The van der Waals surface area contributed by atoms with Gasteiger partial charge in [-0.3, -0.25) is 14.6 Å². The van der Waals surface area contributed by atoms with Gasteiger partial charge in [-0.25, -0.2) is 22.2 Å². The highest BCUT2D eigenvalue weighted by atomic mass is 19.2. The summed E-state index contributed by atoms with van der Waals surface area (Å²) < 4.78 is 78.9. The standard InChI is InChI=1S/C62H64F4N10O7/c1-6-43-46(63)20-17-39-24-42(78)25-44(52(39)43)55-58(56-45(26-67-55)59(71-62(70-56)83-31-34(4)81-5)74-27-40-18-19-41(28-74)68-40)82-32-35-9-11-36(12-10-35)49-29-76(73-72-49)57(33(2)3)61(80)75-23-7-8-51(75)60(79)69-50(30-77)37-13-15-38(16-14-37)53-47(64)21-22-48(65)54(53)66/h9-17,20-22,24-26,29,33-34,40-41,50-51,57,68,77-78H,6-8,18-19,23,27-28,30-32H2,1-5H3,(H,69,79)/t34-,40?,41?,50?,51?,57?/m0/s1. The maximum Gasteiger partial charge on any atom is 0.319 e. The second-order valence-electron chi connectivity index (χ2n) is 21.9. The molecule has 83 heavy (non-hydrogen) atoms. The Kier molecular flexibility index (Phi) is 16.3. The highest BCUT2D eigenvalue weighted by Gasteiger charge is 2.40. The van der Waals surface area contributed by atoms with Crippen molar-refractivity contribution >= 4 is 39.3 Å². The van der Waals surface area contributed by atoms with Crippen molar-refractivity contribution in [2.75, 3.05) is 44.9 Å². The molecule has 11 rings (SSSR count). The summed E-state index contributed by atoms with van der Waals surface area (Å²) in [6.07, 6.45) is 6.53. The van der Waals surface area contributed by atoms with Gasteiger partial charge in [0, 0.05) is 56.2 Å². The maximum atomic E-state index is 15.7. The van der Waals surface area contributed by atoms with E-state index >= 15 is 4.39 Å². The van der Waals surface area contributed by atoms with Crippen molar-refractivity contribution in [3.05, 3.63) is 137 Å². The Balaban J connectivity index is 0.851. The number of pyridine rings is 1. The van der Waals surface area contributed by atoms with Gasteiger partial charge in [0.05, 0.1) is 35.9 Å². The normalized spacial score (nSPS) is 18.0. The summed E-state index contributed by atoms with van der Waals surface area (Å²) in [5.74, 6) is -4.06. The summed E-state index contributed by atoms with van der Waals surface area (Å²) in [6, 6.07) is 19.1. The molecule has 0 spiro atoms. The molecule has 5 aromatic carbocycles. The van der Waals surface area contributed by atoms with Crippen molar-refractivity contribution < 1.29 is 51.6 Å². The Morgan fingerprint density at radius 3 is 2.30 bits per heavy atom. The van der Waals surface area contributed by atoms with E-state index in [-0.39, 0.29) is 72.1 Å². The number of anilines is 1. The SMILES string of the molecule is CCc1c(F)ccc2cc(O)cc(-c3ncc4c(N5CC6CCC(C5)N6)nc(OC[C@H](C)OC)nc4c3OCc3ccc(-c4cn(C(C(=O)N5CCCC5C(=O)NC(CO)c5ccc(-c6c(F)ccc(F)c6F)cc5)C(C)C)nn4)cc3)c12. The van der Waals surface area contributed by atoms with Gasteiger partial charge in [0.15, 0.2) is 17.4 Å². The molecule has 6 atom stereocenters. The summed E-state index contributed by atoms with van der Waals surface area (Å²) in [5, 5.41) is 38.8. The number of nitrogens with zero attached hydrogens (tertiary/aromatic N) is 8. The van der Waals surface area contributed by atoms with Crippen LogP contribution in [-0.2, 0) is 27.4 Å². The molecule has 6 heterocycles. The van der Waals surface area contributed by atoms with E-state index in [2.05, 4.69) is 25.8 Å². The van der Waals surface area contributed by atoms with E-state index in [0.717, 1.165) is 24.5 Å². The lowest BCUT2D eigenvalue weighted by molar-refractivity contribution is -0.142. The minimum atomic E-state index is -1.33. The Morgan fingerprint density at radius 1 is 0.867 bits per heavy atom. The quantitative estimate of drug-likeness (QED) is 0.0440. The van der Waals surface area contributed by atoms with Crippen molar-refractivity contribution in [3.8, 4) is 51.2 Å². The summed E-state index contributed by atoms with van der Waals surface area (Å²) in [4.78, 5) is 47.3. The zero-order chi connectivity index (χ0) is 58.2. The average molecular weight is 1140 g/mol. The molecular formula is C62H64F4N10O7. The molecule has 0 radical (unpaired) electrons. The number of piperazine rings is 1. The number of likely N-dealkylation sites (tertiary alicyclic amines) is 1. The van der Waals surface area contributed by atoms with Crippen LogP contribution in [0, 0.1) is 29.2 Å². The topological polar surface area (TPSA) is 202 Å². The minimum Gasteiger partial charge on any atom is -0.508 e. The number of fused-ring (bicyclic) bond motifs is 4. The van der Waals surface area contributed by atoms with Crippen LogP contribution < -0.4 is 25.0 Å². The van der Waals surface area contributed by atoms with E-state index in [1.807, 2.05) is 52.0 Å². The van der Waals surface area contributed by atoms with Crippen molar-refractivity contribution in [2.45, 2.75) is 103 Å². The third-order valence-electron chi connectivity index (χ3n) is 16.1. The lowest BCUT2D eigenvalue weighted by Gasteiger charge is -2.34. The predicted octanol–water partition coefficient (Wildman–Crippen LogP) is 9.57. The first-order valence-corrected chi connectivity index (χ1v) is 28.0. The summed E-state index contributed by atoms with van der Waals surface area (Å²) in [7, 11) is 1.60. The molecule has 2 bridgehead atoms. The van der Waals surface area contributed by atoms with E-state index in [1.54, 1.807) is 37.7 Å². The molecule has 17 nitrogen and oxygen atoms in total. The van der Waals surface area contributed by atoms with Crippen molar-refractivity contribution in [1.29, 1.82) is 0 Å². The summed E-state index contributed by atoms with van der Waals surface area (Å²) in [6.45, 7) is 8.95. The fourth-order valence-electron chi connectivity index (χ4n) is 11.8. The molecule has 3 aromatic heterocycles. The predicted molar refractivity (Wildman–Crippen MR) is 304 cm³/mol. The number of aliphatic hydroxyl groups excluding tert-OH is 1. The van der Waals surface area contributed by atoms with Crippen LogP contribution >= 0.6 is 0 Å². The van der Waals surface area contributed by atoms with Gasteiger partial charge in [-0.15, -0.1) is 5.10 Å². The monoisotopic (exact) mass is 1140 g/mol. The number of phenols is 1. The Hall–Kier alpha value is -8.27. The first-order chi connectivity index (χ1) is 40.1. The minimum absolute atomic E-state index is 0.0272. The van der Waals surface area contributed by atoms with Gasteiger partial charge in [-0.2, -0.15) is 9.97 Å². The molecule has 2 amide bonds. The van der Waals surface area contributed by atoms with E-state index in [1.165, 1.54) is 39.9 Å². The molecule has 3 aliphatic rings. The Bertz CT molecular complexity index is 3710. The number of phenolic OH excluding ortho intramolecular Hbond substituents is 1. The number of aromatic hydroxyl groups is 1. The number of hydrogen-bond acceptors (Lipinski definition) is 14. The molecule has 21 heteroatoms. The van der Waals surface area contributed by atoms with Crippen LogP contribution in [0.5, 0.6) is 17.5 Å². The number of carbonyl (C=O) groups is 2.